The molecule has 1 aliphatic rings. The standard InChI is InChI=1S/C22H20N6O2/c1-11-15(12-8-13-10-25-27-21(13)24-9-12)4-5-16-19(11)28(14-2-3-14)22(29)18-20(16)30-17(26-18)6-7-23/h4-5,8-10,14H,2-3,6-7,23H2,1H3,(H,24,25,27). The minimum absolute atomic E-state index is 0.0873. The summed E-state index contributed by atoms with van der Waals surface area (Å²) in [6.07, 6.45) is 6.10. The fourth-order valence-electron chi connectivity index (χ4n) is 4.31. The van der Waals surface area contributed by atoms with Gasteiger partial charge in [0, 0.05) is 41.5 Å². The Hall–Kier alpha value is -3.52. The average molecular weight is 400 g/mol. The molecule has 150 valence electrons. The number of aryl methyl sites for hydroxylation is 1. The lowest BCUT2D eigenvalue weighted by molar-refractivity contribution is 0.533. The molecule has 1 aliphatic carbocycles. The third-order valence-electron chi connectivity index (χ3n) is 5.88. The van der Waals surface area contributed by atoms with Gasteiger partial charge in [0.05, 0.1) is 11.7 Å². The molecule has 0 radical (unpaired) electrons. The van der Waals surface area contributed by atoms with Crippen LogP contribution >= 0.6 is 0 Å². The number of fused-ring (bicyclic) bond motifs is 4. The zero-order valence-electron chi connectivity index (χ0n) is 16.5. The van der Waals surface area contributed by atoms with E-state index in [1.165, 1.54) is 0 Å². The summed E-state index contributed by atoms with van der Waals surface area (Å²) >= 11 is 0. The van der Waals surface area contributed by atoms with Gasteiger partial charge in [-0.25, -0.2) is 9.97 Å². The molecule has 0 atom stereocenters. The summed E-state index contributed by atoms with van der Waals surface area (Å²) in [4.78, 5) is 22.3. The highest BCUT2D eigenvalue weighted by atomic mass is 16.3. The van der Waals surface area contributed by atoms with E-state index in [0.717, 1.165) is 51.5 Å². The van der Waals surface area contributed by atoms with Crippen LogP contribution in [0.1, 0.15) is 30.3 Å². The van der Waals surface area contributed by atoms with Gasteiger partial charge in [0.2, 0.25) is 0 Å². The van der Waals surface area contributed by atoms with E-state index in [2.05, 4.69) is 39.2 Å². The van der Waals surface area contributed by atoms with Crippen LogP contribution in [0.4, 0.5) is 0 Å². The van der Waals surface area contributed by atoms with E-state index in [9.17, 15) is 4.79 Å². The van der Waals surface area contributed by atoms with Crippen molar-refractivity contribution in [1.29, 1.82) is 0 Å². The Labute approximate surface area is 170 Å². The average Bonchev–Trinajstić information content (AvgIpc) is 3.30. The molecule has 0 bridgehead atoms. The summed E-state index contributed by atoms with van der Waals surface area (Å²) in [5.41, 5.74) is 11.2. The highest BCUT2D eigenvalue weighted by molar-refractivity contribution is 6.04. The molecule has 0 unspecified atom stereocenters. The largest absolute Gasteiger partial charge is 0.440 e. The van der Waals surface area contributed by atoms with Gasteiger partial charge in [-0.05, 0) is 43.0 Å². The zero-order chi connectivity index (χ0) is 20.4. The van der Waals surface area contributed by atoms with Crippen molar-refractivity contribution in [3.63, 3.8) is 0 Å². The second kappa shape index (κ2) is 6.24. The molecular formula is C22H20N6O2. The van der Waals surface area contributed by atoms with Gasteiger partial charge in [-0.3, -0.25) is 9.89 Å². The van der Waals surface area contributed by atoms with Crippen LogP contribution in [-0.4, -0.2) is 31.3 Å². The van der Waals surface area contributed by atoms with Crippen molar-refractivity contribution >= 4 is 33.0 Å². The Bertz CT molecular complexity index is 1510. The number of aromatic amines is 1. The number of nitrogens with two attached hydrogens (primary N) is 1. The lowest BCUT2D eigenvalue weighted by atomic mass is 9.97. The highest BCUT2D eigenvalue weighted by Crippen LogP contribution is 2.40. The SMILES string of the molecule is Cc1c(-c2cnc3[nH]ncc3c2)ccc2c3oc(CCN)nc3c(=O)n(C3CC3)c12. The van der Waals surface area contributed by atoms with Gasteiger partial charge >= 0.3 is 0 Å². The molecule has 8 heteroatoms. The molecule has 0 aliphatic heterocycles. The van der Waals surface area contributed by atoms with Crippen LogP contribution in [0, 0.1) is 6.92 Å². The van der Waals surface area contributed by atoms with Gasteiger partial charge < -0.3 is 14.7 Å². The molecular weight excluding hydrogens is 380 g/mol. The Morgan fingerprint density at radius 2 is 2.17 bits per heavy atom. The molecule has 6 rings (SSSR count). The van der Waals surface area contributed by atoms with Crippen molar-refractivity contribution in [2.24, 2.45) is 5.73 Å². The lowest BCUT2D eigenvalue weighted by Crippen LogP contribution is -2.20. The fourth-order valence-corrected chi connectivity index (χ4v) is 4.31. The minimum Gasteiger partial charge on any atom is -0.440 e. The third kappa shape index (κ3) is 2.43. The van der Waals surface area contributed by atoms with Crippen LogP contribution in [-0.2, 0) is 6.42 Å². The number of hydrogen-bond acceptors (Lipinski definition) is 6. The molecule has 30 heavy (non-hydrogen) atoms. The first-order chi connectivity index (χ1) is 14.7. The smallest absolute Gasteiger partial charge is 0.281 e. The van der Waals surface area contributed by atoms with Crippen molar-refractivity contribution in [2.75, 3.05) is 6.54 Å². The number of pyridine rings is 2. The van der Waals surface area contributed by atoms with Crippen molar-refractivity contribution in [3.05, 3.63) is 52.4 Å². The Balaban J connectivity index is 1.68. The first kappa shape index (κ1) is 17.3. The zero-order valence-corrected chi connectivity index (χ0v) is 16.5. The predicted octanol–water partition coefficient (Wildman–Crippen LogP) is 3.23. The summed E-state index contributed by atoms with van der Waals surface area (Å²) in [7, 11) is 0. The van der Waals surface area contributed by atoms with Crippen LogP contribution in [0.15, 0.2) is 39.8 Å². The molecule has 1 saturated carbocycles. The summed E-state index contributed by atoms with van der Waals surface area (Å²) in [5, 5.41) is 8.79. The number of nitrogens with one attached hydrogen (secondary N) is 1. The fraction of sp³-hybridized carbons (Fsp3) is 0.273. The van der Waals surface area contributed by atoms with Gasteiger partial charge in [-0.15, -0.1) is 0 Å². The van der Waals surface area contributed by atoms with E-state index >= 15 is 0 Å². The Morgan fingerprint density at radius 1 is 1.30 bits per heavy atom. The van der Waals surface area contributed by atoms with Crippen LogP contribution in [0.25, 0.3) is 44.2 Å². The lowest BCUT2D eigenvalue weighted by Gasteiger charge is -2.15. The van der Waals surface area contributed by atoms with Crippen molar-refractivity contribution in [3.8, 4) is 11.1 Å². The van der Waals surface area contributed by atoms with E-state index in [4.69, 9.17) is 10.2 Å². The van der Waals surface area contributed by atoms with E-state index in [0.29, 0.717) is 30.0 Å². The molecule has 0 spiro atoms. The maximum atomic E-state index is 13.4. The van der Waals surface area contributed by atoms with Crippen LogP contribution in [0.2, 0.25) is 0 Å². The van der Waals surface area contributed by atoms with Gasteiger partial charge in [-0.2, -0.15) is 5.10 Å². The summed E-state index contributed by atoms with van der Waals surface area (Å²) in [5.74, 6) is 0.510. The Kier molecular flexibility index (Phi) is 3.61. The molecule has 3 N–H and O–H groups in total. The van der Waals surface area contributed by atoms with Crippen LogP contribution < -0.4 is 11.3 Å². The van der Waals surface area contributed by atoms with Gasteiger partial charge in [0.15, 0.2) is 22.6 Å². The van der Waals surface area contributed by atoms with Gasteiger partial charge in [-0.1, -0.05) is 6.07 Å². The third-order valence-corrected chi connectivity index (χ3v) is 5.88. The molecule has 4 heterocycles. The first-order valence-electron chi connectivity index (χ1n) is 10.1. The first-order valence-corrected chi connectivity index (χ1v) is 10.1. The Morgan fingerprint density at radius 3 is 2.97 bits per heavy atom. The number of hydrogen-bond donors (Lipinski definition) is 2. The topological polar surface area (TPSA) is 116 Å². The molecule has 0 amide bonds. The molecule has 1 fully saturated rings. The number of aromatic nitrogens is 5. The monoisotopic (exact) mass is 400 g/mol. The highest BCUT2D eigenvalue weighted by Gasteiger charge is 2.30. The minimum atomic E-state index is -0.0873. The number of benzene rings is 1. The maximum Gasteiger partial charge on any atom is 0.281 e. The van der Waals surface area contributed by atoms with Crippen molar-refractivity contribution in [1.82, 2.24) is 24.7 Å². The molecule has 5 aromatic rings. The second-order valence-corrected chi connectivity index (χ2v) is 7.90. The maximum absolute atomic E-state index is 13.4. The molecule has 8 nitrogen and oxygen atoms in total. The van der Waals surface area contributed by atoms with Crippen LogP contribution in [0.3, 0.4) is 0 Å². The number of nitrogens with zero attached hydrogens (tertiary/aromatic N) is 4. The normalized spacial score (nSPS) is 14.3. The predicted molar refractivity (Wildman–Crippen MR) is 114 cm³/mol. The van der Waals surface area contributed by atoms with E-state index < -0.39 is 0 Å². The van der Waals surface area contributed by atoms with E-state index in [1.807, 2.05) is 16.8 Å². The van der Waals surface area contributed by atoms with Gasteiger partial charge in [0.25, 0.3) is 5.56 Å². The van der Waals surface area contributed by atoms with Crippen molar-refractivity contribution in [2.45, 2.75) is 32.2 Å². The van der Waals surface area contributed by atoms with E-state index in [1.54, 1.807) is 6.20 Å². The summed E-state index contributed by atoms with van der Waals surface area (Å²) in [6, 6.07) is 6.36. The number of rotatable bonds is 4. The molecule has 1 aromatic carbocycles. The molecule has 4 aromatic heterocycles. The quantitative estimate of drug-likeness (QED) is 0.478. The number of H-pyrrole nitrogens is 1. The molecule has 0 saturated heterocycles. The van der Waals surface area contributed by atoms with Crippen molar-refractivity contribution < 1.29 is 4.42 Å². The van der Waals surface area contributed by atoms with Gasteiger partial charge in [0.1, 0.15) is 0 Å². The number of oxazole rings is 1. The second-order valence-electron chi connectivity index (χ2n) is 7.90. The van der Waals surface area contributed by atoms with Crippen LogP contribution in [0.5, 0.6) is 0 Å². The summed E-state index contributed by atoms with van der Waals surface area (Å²) < 4.78 is 7.89. The summed E-state index contributed by atoms with van der Waals surface area (Å²) in [6.45, 7) is 2.48. The van der Waals surface area contributed by atoms with E-state index in [-0.39, 0.29) is 11.6 Å².